The van der Waals surface area contributed by atoms with E-state index in [2.05, 4.69) is 10.1 Å². The van der Waals surface area contributed by atoms with Crippen molar-refractivity contribution in [3.63, 3.8) is 0 Å². The molecule has 0 amide bonds. The van der Waals surface area contributed by atoms with Crippen LogP contribution in [-0.4, -0.2) is 54.0 Å². The first-order chi connectivity index (χ1) is 21.1. The number of benzene rings is 3. The first-order valence-electron chi connectivity index (χ1n) is 13.8. The largest absolute Gasteiger partial charge is 1.00 e. The van der Waals surface area contributed by atoms with Crippen molar-refractivity contribution in [2.75, 3.05) is 12.3 Å². The van der Waals surface area contributed by atoms with Crippen molar-refractivity contribution in [3.05, 3.63) is 118 Å². The molecule has 0 saturated heterocycles. The third-order valence-electron chi connectivity index (χ3n) is 6.53. The summed E-state index contributed by atoms with van der Waals surface area (Å²) in [6, 6.07) is 25.8. The normalized spacial score (nSPS) is 11.9. The van der Waals surface area contributed by atoms with Crippen molar-refractivity contribution in [2.45, 2.75) is 38.6 Å². The summed E-state index contributed by atoms with van der Waals surface area (Å²) in [6.45, 7) is 1.51. The van der Waals surface area contributed by atoms with E-state index in [4.69, 9.17) is 20.4 Å². The fourth-order valence-corrected chi connectivity index (χ4v) is 4.45. The Labute approximate surface area is 301 Å². The minimum absolute atomic E-state index is 0. The first kappa shape index (κ1) is 35.8. The van der Waals surface area contributed by atoms with E-state index in [1.165, 1.54) is 16.8 Å². The van der Waals surface area contributed by atoms with Crippen LogP contribution in [0.2, 0.25) is 0 Å². The smallest absolute Gasteiger partial charge is 0.550 e. The van der Waals surface area contributed by atoms with E-state index >= 15 is 0 Å². The van der Waals surface area contributed by atoms with Crippen LogP contribution in [0.3, 0.4) is 0 Å². The van der Waals surface area contributed by atoms with Crippen molar-refractivity contribution in [3.8, 4) is 5.88 Å². The van der Waals surface area contributed by atoms with Crippen LogP contribution in [0.15, 0.2) is 95.8 Å². The van der Waals surface area contributed by atoms with Gasteiger partial charge in [0.15, 0.2) is 5.78 Å². The average Bonchev–Trinajstić information content (AvgIpc) is 3.32. The standard InChI is InChI=1S/C30H29N5O5.C2H4O2.K/c31-30-32-24-11-4-5-12-25(24)34(30)19-23(36)15-16-40-26-13-14-27(37)35(33-26)18-20-7-6-10-22(17-20)29(39)28(38)21-8-2-1-3-9-21;1-2(3)4;/h1-14,17,23,28,36,38H,15-16,18-19H2,(H2,31,32);1H3,(H,3,4);/q;;+1/p-1. The fourth-order valence-electron chi connectivity index (χ4n) is 4.45. The van der Waals surface area contributed by atoms with Gasteiger partial charge in [-0.2, -0.15) is 0 Å². The molecule has 0 spiro atoms. The van der Waals surface area contributed by atoms with Crippen molar-refractivity contribution in [1.29, 1.82) is 0 Å². The number of aliphatic hydroxyl groups is 2. The number of imidazole rings is 1. The number of carbonyl (C=O) groups excluding carboxylic acids is 2. The molecule has 0 aliphatic carbocycles. The van der Waals surface area contributed by atoms with E-state index in [1.54, 1.807) is 53.1 Å². The number of anilines is 1. The van der Waals surface area contributed by atoms with Gasteiger partial charge >= 0.3 is 51.4 Å². The molecule has 0 saturated carbocycles. The number of nitrogens with zero attached hydrogens (tertiary/aromatic N) is 4. The molecule has 2 heterocycles. The molecular formula is C32H32KN5O7. The van der Waals surface area contributed by atoms with Gasteiger partial charge in [-0.05, 0) is 36.2 Å². The number of carboxylic acid groups (broad SMARTS) is 1. The Bertz CT molecular complexity index is 1790. The predicted molar refractivity (Wildman–Crippen MR) is 161 cm³/mol. The van der Waals surface area contributed by atoms with Crippen LogP contribution in [0.4, 0.5) is 5.95 Å². The Morgan fingerprint density at radius 1 is 0.978 bits per heavy atom. The second kappa shape index (κ2) is 17.1. The monoisotopic (exact) mass is 637 g/mol. The van der Waals surface area contributed by atoms with E-state index in [1.807, 2.05) is 30.3 Å². The summed E-state index contributed by atoms with van der Waals surface area (Å²) in [6.07, 6.45) is -1.72. The molecular weight excluding hydrogens is 605 g/mol. The molecule has 5 aromatic rings. The van der Waals surface area contributed by atoms with Gasteiger partial charge in [0.1, 0.15) is 6.10 Å². The van der Waals surface area contributed by atoms with Gasteiger partial charge in [0, 0.05) is 30.1 Å². The molecule has 2 aromatic heterocycles. The number of hydrogen-bond donors (Lipinski definition) is 3. The number of Topliss-reactive ketones (excluding diaryl/α,β-unsaturated/α-hetero) is 1. The number of nitrogens with two attached hydrogens (primary N) is 1. The summed E-state index contributed by atoms with van der Waals surface area (Å²) in [5.74, 6) is -0.962. The quantitative estimate of drug-likeness (QED) is 0.117. The third-order valence-corrected chi connectivity index (χ3v) is 6.53. The summed E-state index contributed by atoms with van der Waals surface area (Å²) in [7, 11) is 0. The van der Waals surface area contributed by atoms with Crippen molar-refractivity contribution in [2.24, 2.45) is 0 Å². The maximum Gasteiger partial charge on any atom is 1.00 e. The van der Waals surface area contributed by atoms with Crippen LogP contribution < -0.4 is 72.5 Å². The van der Waals surface area contributed by atoms with E-state index in [-0.39, 0.29) is 82.5 Å². The van der Waals surface area contributed by atoms with Crippen molar-refractivity contribution in [1.82, 2.24) is 19.3 Å². The van der Waals surface area contributed by atoms with Gasteiger partial charge < -0.3 is 35.2 Å². The SMILES string of the molecule is CC(=O)[O-].Nc1nc2ccccc2n1CC(O)CCOc1ccc(=O)n(Cc2cccc(C(=O)C(O)c3ccccc3)c2)n1.[K+]. The fraction of sp³-hybridized carbons (Fsp3) is 0.219. The van der Waals surface area contributed by atoms with Crippen LogP contribution in [0.1, 0.15) is 40.9 Å². The second-order valence-corrected chi connectivity index (χ2v) is 9.90. The molecule has 45 heavy (non-hydrogen) atoms. The van der Waals surface area contributed by atoms with E-state index < -0.39 is 24.0 Å². The predicted octanol–water partition coefficient (Wildman–Crippen LogP) is -1.27. The van der Waals surface area contributed by atoms with Crippen molar-refractivity contribution < 1.29 is 81.0 Å². The van der Waals surface area contributed by atoms with Crippen LogP contribution in [-0.2, 0) is 17.9 Å². The Balaban J connectivity index is 0.00000104. The van der Waals surface area contributed by atoms with Gasteiger partial charge in [-0.1, -0.05) is 60.7 Å². The van der Waals surface area contributed by atoms with Crippen LogP contribution in [0.25, 0.3) is 11.0 Å². The molecule has 2 unspecified atom stereocenters. The number of fused-ring (bicyclic) bond motifs is 1. The summed E-state index contributed by atoms with van der Waals surface area (Å²) in [5.41, 5.74) is 8.79. The number of aliphatic hydroxyl groups excluding tert-OH is 2. The molecule has 13 heteroatoms. The minimum atomic E-state index is -1.28. The number of para-hydroxylation sites is 2. The number of carbonyl (C=O) groups is 2. The maximum absolute atomic E-state index is 12.8. The molecule has 2 atom stereocenters. The summed E-state index contributed by atoms with van der Waals surface area (Å²) in [4.78, 5) is 38.5. The number of hydrogen-bond acceptors (Lipinski definition) is 10. The Hall–Kier alpha value is -3.69. The number of nitrogen functional groups attached to an aromatic ring is 1. The summed E-state index contributed by atoms with van der Waals surface area (Å²) < 4.78 is 8.71. The molecule has 0 bridgehead atoms. The number of ketones is 1. The number of rotatable bonds is 11. The second-order valence-electron chi connectivity index (χ2n) is 9.90. The van der Waals surface area contributed by atoms with E-state index in [0.717, 1.165) is 18.0 Å². The van der Waals surface area contributed by atoms with Crippen LogP contribution in [0, 0.1) is 0 Å². The molecule has 0 radical (unpaired) electrons. The molecule has 0 aliphatic rings. The zero-order valence-corrected chi connectivity index (χ0v) is 28.1. The zero-order chi connectivity index (χ0) is 31.6. The molecule has 0 fully saturated rings. The van der Waals surface area contributed by atoms with Gasteiger partial charge in [-0.15, -0.1) is 5.10 Å². The number of aliphatic carboxylic acids is 1. The summed E-state index contributed by atoms with van der Waals surface area (Å²) in [5, 5.41) is 34.2. The minimum Gasteiger partial charge on any atom is -0.550 e. The molecule has 228 valence electrons. The van der Waals surface area contributed by atoms with Gasteiger partial charge in [0.25, 0.3) is 5.56 Å². The molecule has 4 N–H and O–H groups in total. The number of aromatic nitrogens is 4. The molecule has 5 rings (SSSR count). The third kappa shape index (κ3) is 10.2. The van der Waals surface area contributed by atoms with Gasteiger partial charge in [-0.25, -0.2) is 9.67 Å². The number of carboxylic acids is 1. The zero-order valence-electron chi connectivity index (χ0n) is 24.9. The van der Waals surface area contributed by atoms with Crippen molar-refractivity contribution >= 4 is 28.7 Å². The van der Waals surface area contributed by atoms with E-state index in [9.17, 15) is 19.8 Å². The van der Waals surface area contributed by atoms with Gasteiger partial charge in [0.2, 0.25) is 11.8 Å². The Morgan fingerprint density at radius 3 is 2.40 bits per heavy atom. The Kier molecular flexibility index (Phi) is 13.6. The molecule has 12 nitrogen and oxygen atoms in total. The topological polar surface area (TPSA) is 186 Å². The van der Waals surface area contributed by atoms with Gasteiger partial charge in [0.05, 0.1) is 36.8 Å². The maximum atomic E-state index is 12.8. The molecule has 0 aliphatic heterocycles. The van der Waals surface area contributed by atoms with Crippen LogP contribution in [0.5, 0.6) is 5.88 Å². The average molecular weight is 638 g/mol. The molecule has 3 aromatic carbocycles. The first-order valence-corrected chi connectivity index (χ1v) is 13.8. The summed E-state index contributed by atoms with van der Waals surface area (Å²) >= 11 is 0. The van der Waals surface area contributed by atoms with Gasteiger partial charge in [-0.3, -0.25) is 9.59 Å². The number of ether oxygens (including phenoxy) is 1. The van der Waals surface area contributed by atoms with Crippen LogP contribution >= 0.6 is 0 Å². The van der Waals surface area contributed by atoms with E-state index in [0.29, 0.717) is 29.1 Å². The Morgan fingerprint density at radius 2 is 1.67 bits per heavy atom.